The van der Waals surface area contributed by atoms with Crippen LogP contribution in [0.2, 0.25) is 0 Å². The highest BCUT2D eigenvalue weighted by molar-refractivity contribution is 7.12. The van der Waals surface area contributed by atoms with Crippen LogP contribution in [0.4, 0.5) is 5.69 Å². The molecule has 0 radical (unpaired) electrons. The second-order valence-corrected chi connectivity index (χ2v) is 5.54. The van der Waals surface area contributed by atoms with Crippen molar-refractivity contribution in [2.45, 2.75) is 0 Å². The molecule has 23 heavy (non-hydrogen) atoms. The quantitative estimate of drug-likeness (QED) is 0.505. The average molecular weight is 324 g/mol. The third-order valence-electron chi connectivity index (χ3n) is 3.04. The minimum Gasteiger partial charge on any atom is -0.322 e. The highest BCUT2D eigenvalue weighted by atomic mass is 32.1. The molecule has 3 aromatic rings. The first-order valence-corrected chi connectivity index (χ1v) is 7.45. The van der Waals surface area contributed by atoms with E-state index in [1.165, 1.54) is 22.2 Å². The Morgan fingerprint density at radius 1 is 1.26 bits per heavy atom. The van der Waals surface area contributed by atoms with Crippen LogP contribution in [0.15, 0.2) is 48.8 Å². The van der Waals surface area contributed by atoms with Crippen molar-refractivity contribution in [2.24, 2.45) is 0 Å². The van der Waals surface area contributed by atoms with Gasteiger partial charge in [-0.25, -0.2) is 0 Å². The van der Waals surface area contributed by atoms with Gasteiger partial charge in [-0.05, 0) is 36.4 Å². The van der Waals surface area contributed by atoms with Gasteiger partial charge < -0.3 is 5.32 Å². The third-order valence-corrected chi connectivity index (χ3v) is 3.93. The molecule has 7 nitrogen and oxygen atoms in total. The zero-order valence-corrected chi connectivity index (χ0v) is 12.7. The van der Waals surface area contributed by atoms with Crippen molar-refractivity contribution in [1.82, 2.24) is 14.8 Å². The maximum atomic E-state index is 12.0. The van der Waals surface area contributed by atoms with E-state index in [2.05, 4.69) is 15.4 Å². The number of aromatic nitrogens is 3. The number of nitrogens with zero attached hydrogens (tertiary/aromatic N) is 3. The first kappa shape index (κ1) is 14.8. The fourth-order valence-electron chi connectivity index (χ4n) is 1.90. The topological polar surface area (TPSA) is 108 Å². The molecule has 0 bridgehead atoms. The smallest absolute Gasteiger partial charge is 0.257 e. The van der Waals surface area contributed by atoms with Crippen LogP contribution in [0.3, 0.4) is 0 Å². The maximum absolute atomic E-state index is 12.0. The molecule has 114 valence electrons. The lowest BCUT2D eigenvalue weighted by molar-refractivity contribution is 0.102. The minimum absolute atomic E-state index is 0.184. The zero-order chi connectivity index (χ0) is 16.2. The van der Waals surface area contributed by atoms with Gasteiger partial charge in [0.25, 0.3) is 5.91 Å². The van der Waals surface area contributed by atoms with E-state index >= 15 is 0 Å². The number of hydrogen-bond donors (Lipinski definition) is 3. The van der Waals surface area contributed by atoms with Gasteiger partial charge in [-0.3, -0.25) is 20.6 Å². The van der Waals surface area contributed by atoms with Gasteiger partial charge in [0.05, 0.1) is 5.56 Å². The molecule has 2 aromatic heterocycles. The molecule has 0 saturated carbocycles. The summed E-state index contributed by atoms with van der Waals surface area (Å²) < 4.78 is 1.19. The number of carbonyl (C=O) groups is 1. The summed E-state index contributed by atoms with van der Waals surface area (Å²) in [6, 6.07) is 10.6. The lowest BCUT2D eigenvalue weighted by Crippen LogP contribution is -2.12. The van der Waals surface area contributed by atoms with Gasteiger partial charge in [0, 0.05) is 23.6 Å². The predicted octanol–water partition coefficient (Wildman–Crippen LogP) is 2.19. The third kappa shape index (κ3) is 3.22. The minimum atomic E-state index is -0.227. The van der Waals surface area contributed by atoms with Gasteiger partial charge in [0.1, 0.15) is 11.3 Å². The maximum Gasteiger partial charge on any atom is 0.257 e. The molecule has 3 rings (SSSR count). The Bertz CT molecular complexity index is 898. The van der Waals surface area contributed by atoms with Crippen molar-refractivity contribution in [1.29, 1.82) is 10.8 Å². The SMILES string of the molecule is N=Cn1nc(-c2ccc(NC(=O)c3cccnc3)cc2)sc1=N. The van der Waals surface area contributed by atoms with Crippen molar-refractivity contribution in [3.05, 3.63) is 59.2 Å². The van der Waals surface area contributed by atoms with Crippen molar-refractivity contribution in [3.63, 3.8) is 0 Å². The fourth-order valence-corrected chi connectivity index (χ4v) is 2.66. The number of anilines is 1. The molecular formula is C15H12N6OS. The number of pyridine rings is 1. The molecule has 0 spiro atoms. The van der Waals surface area contributed by atoms with Crippen LogP contribution in [-0.4, -0.2) is 27.0 Å². The van der Waals surface area contributed by atoms with Gasteiger partial charge in [0.15, 0.2) is 0 Å². The van der Waals surface area contributed by atoms with Crippen molar-refractivity contribution in [3.8, 4) is 10.6 Å². The molecule has 2 heterocycles. The van der Waals surface area contributed by atoms with Crippen LogP contribution in [-0.2, 0) is 0 Å². The van der Waals surface area contributed by atoms with E-state index < -0.39 is 0 Å². The number of rotatable bonds is 4. The van der Waals surface area contributed by atoms with Crippen LogP contribution in [0, 0.1) is 10.8 Å². The van der Waals surface area contributed by atoms with Crippen LogP contribution >= 0.6 is 11.3 Å². The van der Waals surface area contributed by atoms with Crippen LogP contribution in [0.1, 0.15) is 10.4 Å². The Balaban J connectivity index is 1.78. The van der Waals surface area contributed by atoms with Crippen molar-refractivity contribution >= 4 is 29.3 Å². The molecule has 0 aliphatic rings. The summed E-state index contributed by atoms with van der Waals surface area (Å²) in [6.07, 6.45) is 4.11. The Kier molecular flexibility index (Phi) is 4.07. The first-order chi connectivity index (χ1) is 11.2. The van der Waals surface area contributed by atoms with E-state index in [1.807, 2.05) is 12.1 Å². The lowest BCUT2D eigenvalue weighted by Gasteiger charge is -2.05. The second kappa shape index (κ2) is 6.32. The summed E-state index contributed by atoms with van der Waals surface area (Å²) in [5.41, 5.74) is 1.97. The molecule has 1 aromatic carbocycles. The summed E-state index contributed by atoms with van der Waals surface area (Å²) in [6.45, 7) is 0. The summed E-state index contributed by atoms with van der Waals surface area (Å²) in [5.74, 6) is -0.227. The summed E-state index contributed by atoms with van der Waals surface area (Å²) >= 11 is 1.18. The highest BCUT2D eigenvalue weighted by Gasteiger charge is 2.08. The number of benzene rings is 1. The number of hydrogen-bond acceptors (Lipinski definition) is 6. The highest BCUT2D eigenvalue weighted by Crippen LogP contribution is 2.21. The monoisotopic (exact) mass is 324 g/mol. The van der Waals surface area contributed by atoms with Crippen LogP contribution < -0.4 is 10.1 Å². The first-order valence-electron chi connectivity index (χ1n) is 6.64. The molecule has 0 fully saturated rings. The Morgan fingerprint density at radius 3 is 2.65 bits per heavy atom. The molecule has 0 atom stereocenters. The van der Waals surface area contributed by atoms with E-state index in [9.17, 15) is 4.79 Å². The lowest BCUT2D eigenvalue weighted by atomic mass is 10.2. The Morgan fingerprint density at radius 2 is 2.04 bits per heavy atom. The second-order valence-electron chi connectivity index (χ2n) is 4.56. The number of amides is 1. The van der Waals surface area contributed by atoms with Gasteiger partial charge >= 0.3 is 0 Å². The summed E-state index contributed by atoms with van der Waals surface area (Å²) in [4.78, 5) is 16.1. The van der Waals surface area contributed by atoms with E-state index in [1.54, 1.807) is 30.5 Å². The molecule has 0 unspecified atom stereocenters. The van der Waals surface area contributed by atoms with Gasteiger partial charge in [-0.2, -0.15) is 9.78 Å². The van der Waals surface area contributed by atoms with Gasteiger partial charge in [-0.1, -0.05) is 11.3 Å². The molecular weight excluding hydrogens is 312 g/mol. The van der Waals surface area contributed by atoms with Gasteiger partial charge in [-0.15, -0.1) is 0 Å². The normalized spacial score (nSPS) is 10.3. The van der Waals surface area contributed by atoms with E-state index in [0.29, 0.717) is 16.3 Å². The van der Waals surface area contributed by atoms with Crippen LogP contribution in [0.25, 0.3) is 10.6 Å². The Labute approximate surface area is 135 Å². The number of nitrogens with one attached hydrogen (secondary N) is 3. The van der Waals surface area contributed by atoms with E-state index in [0.717, 1.165) is 11.9 Å². The molecule has 0 saturated heterocycles. The van der Waals surface area contributed by atoms with E-state index in [4.69, 9.17) is 10.8 Å². The molecule has 1 amide bonds. The fraction of sp³-hybridized carbons (Fsp3) is 0. The molecule has 3 N–H and O–H groups in total. The van der Waals surface area contributed by atoms with Crippen LogP contribution in [0.5, 0.6) is 0 Å². The summed E-state index contributed by atoms with van der Waals surface area (Å²) in [5, 5.41) is 22.4. The van der Waals surface area contributed by atoms with Gasteiger partial charge in [0.2, 0.25) is 4.80 Å². The molecule has 8 heteroatoms. The Hall–Kier alpha value is -3.13. The van der Waals surface area contributed by atoms with Crippen molar-refractivity contribution < 1.29 is 4.79 Å². The largest absolute Gasteiger partial charge is 0.322 e. The summed E-state index contributed by atoms with van der Waals surface area (Å²) in [7, 11) is 0. The standard InChI is InChI=1S/C15H12N6OS/c16-9-21-15(17)23-14(20-21)10-3-5-12(6-4-10)19-13(22)11-2-1-7-18-8-11/h1-9,16-17H,(H,19,22). The van der Waals surface area contributed by atoms with Crippen molar-refractivity contribution in [2.75, 3.05) is 5.32 Å². The zero-order valence-electron chi connectivity index (χ0n) is 11.9. The molecule has 0 aliphatic carbocycles. The molecule has 0 aliphatic heterocycles. The predicted molar refractivity (Wildman–Crippen MR) is 87.8 cm³/mol. The van der Waals surface area contributed by atoms with E-state index in [-0.39, 0.29) is 10.7 Å². The average Bonchev–Trinajstić information content (AvgIpc) is 2.97. The number of carbonyl (C=O) groups excluding carboxylic acids is 1.